The van der Waals surface area contributed by atoms with Gasteiger partial charge in [-0.05, 0) is 43.4 Å². The van der Waals surface area contributed by atoms with Gasteiger partial charge in [0.15, 0.2) is 0 Å². The van der Waals surface area contributed by atoms with Gasteiger partial charge < -0.3 is 26.4 Å². The summed E-state index contributed by atoms with van der Waals surface area (Å²) >= 11 is 1.51. The van der Waals surface area contributed by atoms with E-state index >= 15 is 0 Å². The van der Waals surface area contributed by atoms with Gasteiger partial charge in [0.05, 0.1) is 6.04 Å². The van der Waals surface area contributed by atoms with Gasteiger partial charge in [0, 0.05) is 6.42 Å². The van der Waals surface area contributed by atoms with Crippen molar-refractivity contribution >= 4 is 35.5 Å². The number of thioether (sulfide) groups is 1. The molecule has 0 aromatic heterocycles. The molecule has 5 N–H and O–H groups in total. The summed E-state index contributed by atoms with van der Waals surface area (Å²) in [6.07, 6.45) is 4.10. The lowest BCUT2D eigenvalue weighted by atomic mass is 10.0. The normalized spacial score (nSPS) is 17.4. The molecule has 9 nitrogen and oxygen atoms in total. The van der Waals surface area contributed by atoms with Gasteiger partial charge in [0.2, 0.25) is 17.7 Å². The summed E-state index contributed by atoms with van der Waals surface area (Å²) < 4.78 is 0. The van der Waals surface area contributed by atoms with E-state index in [0.717, 1.165) is 18.5 Å². The van der Waals surface area contributed by atoms with Crippen molar-refractivity contribution in [3.8, 4) is 0 Å². The van der Waals surface area contributed by atoms with Crippen molar-refractivity contribution in [2.75, 3.05) is 25.1 Å². The topological polar surface area (TPSA) is 137 Å². The zero-order chi connectivity index (χ0) is 22.6. The summed E-state index contributed by atoms with van der Waals surface area (Å²) in [6, 6.07) is 7.22. The molecular weight excluding hydrogens is 420 g/mol. The number of hydrogen-bond donors (Lipinski definition) is 5. The molecule has 2 rings (SSSR count). The smallest absolute Gasteiger partial charge is 0.322 e. The molecule has 0 aliphatic carbocycles. The molecule has 0 spiro atoms. The number of nitrogens with one attached hydrogen (secondary N) is 4. The van der Waals surface area contributed by atoms with Gasteiger partial charge in [-0.1, -0.05) is 30.3 Å². The molecule has 3 unspecified atom stereocenters. The Bertz CT molecular complexity index is 755. The molecule has 1 aliphatic rings. The molecular formula is C21H30N4O5S. The van der Waals surface area contributed by atoms with Crippen LogP contribution < -0.4 is 21.3 Å². The Morgan fingerprint density at radius 2 is 1.87 bits per heavy atom. The number of aliphatic carboxylic acids is 1. The molecule has 3 amide bonds. The Morgan fingerprint density at radius 1 is 1.13 bits per heavy atom. The molecule has 1 aromatic rings. The van der Waals surface area contributed by atoms with E-state index in [9.17, 15) is 19.2 Å². The van der Waals surface area contributed by atoms with Crippen LogP contribution in [0.2, 0.25) is 0 Å². The average molecular weight is 451 g/mol. The molecule has 3 atom stereocenters. The summed E-state index contributed by atoms with van der Waals surface area (Å²) in [5.41, 5.74) is 0.873. The predicted octanol–water partition coefficient (Wildman–Crippen LogP) is -0.0954. The zero-order valence-electron chi connectivity index (χ0n) is 17.6. The molecule has 1 aromatic carbocycles. The van der Waals surface area contributed by atoms with Crippen molar-refractivity contribution < 1.29 is 24.3 Å². The van der Waals surface area contributed by atoms with Crippen LogP contribution in [0.3, 0.4) is 0 Å². The second kappa shape index (κ2) is 13.0. The van der Waals surface area contributed by atoms with Crippen LogP contribution >= 0.6 is 11.8 Å². The van der Waals surface area contributed by atoms with Crippen molar-refractivity contribution in [1.82, 2.24) is 21.3 Å². The van der Waals surface area contributed by atoms with Gasteiger partial charge in [-0.3, -0.25) is 19.2 Å². The lowest BCUT2D eigenvalue weighted by Gasteiger charge is -2.24. The molecule has 10 heteroatoms. The molecule has 31 heavy (non-hydrogen) atoms. The fourth-order valence-corrected chi connectivity index (χ4v) is 3.77. The maximum atomic E-state index is 13.1. The summed E-state index contributed by atoms with van der Waals surface area (Å²) in [7, 11) is 0. The first-order valence-corrected chi connectivity index (χ1v) is 11.7. The summed E-state index contributed by atoms with van der Waals surface area (Å²) in [5.74, 6) is -1.85. The summed E-state index contributed by atoms with van der Waals surface area (Å²) in [6.45, 7) is 0.232. The van der Waals surface area contributed by atoms with Gasteiger partial charge in [-0.2, -0.15) is 11.8 Å². The van der Waals surface area contributed by atoms with Crippen molar-refractivity contribution in [2.24, 2.45) is 0 Å². The third kappa shape index (κ3) is 8.58. The minimum absolute atomic E-state index is 0.246. The van der Waals surface area contributed by atoms with Crippen LogP contribution in [-0.4, -0.2) is 72.0 Å². The summed E-state index contributed by atoms with van der Waals surface area (Å²) in [5, 5.41) is 19.7. The minimum Gasteiger partial charge on any atom is -0.480 e. The van der Waals surface area contributed by atoms with E-state index in [1.165, 1.54) is 11.8 Å². The molecule has 170 valence electrons. The lowest BCUT2D eigenvalue weighted by Crippen LogP contribution is -2.56. The number of carboxylic acid groups (broad SMARTS) is 1. The highest BCUT2D eigenvalue weighted by molar-refractivity contribution is 7.98. The van der Waals surface area contributed by atoms with Gasteiger partial charge in [0.1, 0.15) is 18.6 Å². The number of hydrogen-bond acceptors (Lipinski definition) is 6. The van der Waals surface area contributed by atoms with E-state index in [2.05, 4.69) is 21.3 Å². The molecule has 1 heterocycles. The molecule has 1 aliphatic heterocycles. The lowest BCUT2D eigenvalue weighted by molar-refractivity contribution is -0.138. The SMILES string of the molecule is CSCCC(NC(=O)C(Cc1ccccc1)NC(=O)C1CCCN1)C(=O)NCC(=O)O. The van der Waals surface area contributed by atoms with Crippen molar-refractivity contribution in [2.45, 2.75) is 43.8 Å². The number of carbonyl (C=O) groups is 4. The van der Waals surface area contributed by atoms with Crippen LogP contribution in [0.25, 0.3) is 0 Å². The standard InChI is InChI=1S/C21H30N4O5S/c1-31-11-9-16(19(28)23-13-18(26)27)24-21(30)17(12-14-6-3-2-4-7-14)25-20(29)15-8-5-10-22-15/h2-4,6-7,15-17,22H,5,8-13H2,1H3,(H,23,28)(H,24,30)(H,25,29)(H,26,27). The number of carboxylic acids is 1. The van der Waals surface area contributed by atoms with Crippen LogP contribution in [-0.2, 0) is 25.6 Å². The van der Waals surface area contributed by atoms with E-state index in [1.807, 2.05) is 36.6 Å². The number of carbonyl (C=O) groups excluding carboxylic acids is 3. The Hall–Kier alpha value is -2.59. The monoisotopic (exact) mass is 450 g/mol. The second-order valence-corrected chi connectivity index (χ2v) is 8.34. The maximum Gasteiger partial charge on any atom is 0.322 e. The number of amides is 3. The quantitative estimate of drug-likeness (QED) is 0.300. The molecule has 0 bridgehead atoms. The van der Waals surface area contributed by atoms with E-state index in [1.54, 1.807) is 0 Å². The molecule has 1 fully saturated rings. The first-order chi connectivity index (χ1) is 14.9. The molecule has 0 radical (unpaired) electrons. The number of rotatable bonds is 12. The van der Waals surface area contributed by atoms with Crippen molar-refractivity contribution in [3.05, 3.63) is 35.9 Å². The second-order valence-electron chi connectivity index (χ2n) is 7.35. The van der Waals surface area contributed by atoms with E-state index in [-0.39, 0.29) is 18.4 Å². The summed E-state index contributed by atoms with van der Waals surface area (Å²) in [4.78, 5) is 48.8. The average Bonchev–Trinajstić information content (AvgIpc) is 3.30. The van der Waals surface area contributed by atoms with Crippen LogP contribution in [0.5, 0.6) is 0 Å². The minimum atomic E-state index is -1.17. The van der Waals surface area contributed by atoms with Crippen molar-refractivity contribution in [1.29, 1.82) is 0 Å². The number of benzene rings is 1. The highest BCUT2D eigenvalue weighted by atomic mass is 32.2. The molecule has 1 saturated heterocycles. The first kappa shape index (κ1) is 24.7. The first-order valence-electron chi connectivity index (χ1n) is 10.3. The maximum absolute atomic E-state index is 13.1. The Kier molecular flexibility index (Phi) is 10.3. The fourth-order valence-electron chi connectivity index (χ4n) is 3.30. The Balaban J connectivity index is 2.10. The molecule has 0 saturated carbocycles. The van der Waals surface area contributed by atoms with E-state index < -0.39 is 36.4 Å². The highest BCUT2D eigenvalue weighted by Gasteiger charge is 2.30. The largest absolute Gasteiger partial charge is 0.480 e. The van der Waals surface area contributed by atoms with Crippen molar-refractivity contribution in [3.63, 3.8) is 0 Å². The van der Waals surface area contributed by atoms with Gasteiger partial charge in [-0.25, -0.2) is 0 Å². The van der Waals surface area contributed by atoms with Gasteiger partial charge >= 0.3 is 5.97 Å². The Labute approximate surface area is 186 Å². The predicted molar refractivity (Wildman–Crippen MR) is 119 cm³/mol. The zero-order valence-corrected chi connectivity index (χ0v) is 18.4. The van der Waals surface area contributed by atoms with Gasteiger partial charge in [0.25, 0.3) is 0 Å². The third-order valence-corrected chi connectivity index (χ3v) is 5.59. The highest BCUT2D eigenvalue weighted by Crippen LogP contribution is 2.09. The van der Waals surface area contributed by atoms with E-state index in [0.29, 0.717) is 18.6 Å². The van der Waals surface area contributed by atoms with Crippen LogP contribution in [0, 0.1) is 0 Å². The Morgan fingerprint density at radius 3 is 2.48 bits per heavy atom. The fraction of sp³-hybridized carbons (Fsp3) is 0.524. The van der Waals surface area contributed by atoms with Crippen LogP contribution in [0.1, 0.15) is 24.8 Å². The van der Waals surface area contributed by atoms with Crippen LogP contribution in [0.4, 0.5) is 0 Å². The van der Waals surface area contributed by atoms with E-state index in [4.69, 9.17) is 5.11 Å². The third-order valence-electron chi connectivity index (χ3n) is 4.95. The van der Waals surface area contributed by atoms with Crippen LogP contribution in [0.15, 0.2) is 30.3 Å². The van der Waals surface area contributed by atoms with Gasteiger partial charge in [-0.15, -0.1) is 0 Å².